The van der Waals surface area contributed by atoms with Gasteiger partial charge in [-0.3, -0.25) is 0 Å². The summed E-state index contributed by atoms with van der Waals surface area (Å²) in [5, 5.41) is 0.621. The molecule has 0 unspecified atom stereocenters. The van der Waals surface area contributed by atoms with Crippen molar-refractivity contribution in [3.8, 4) is 11.5 Å². The maximum atomic E-state index is 6.26. The lowest BCUT2D eigenvalue weighted by Gasteiger charge is -2.08. The highest BCUT2D eigenvalue weighted by molar-refractivity contribution is 6.30. The van der Waals surface area contributed by atoms with Crippen LogP contribution in [0.5, 0.6) is 0 Å². The first-order valence-corrected chi connectivity index (χ1v) is 6.78. The van der Waals surface area contributed by atoms with E-state index < -0.39 is 0 Å². The van der Waals surface area contributed by atoms with Gasteiger partial charge in [0.15, 0.2) is 5.82 Å². The Balaban J connectivity index is 1.84. The quantitative estimate of drug-likeness (QED) is 0.780. The van der Waals surface area contributed by atoms with Crippen LogP contribution in [0.3, 0.4) is 0 Å². The zero-order valence-corrected chi connectivity index (χ0v) is 10.7. The zero-order valence-electron chi connectivity index (χ0n) is 9.93. The minimum absolute atomic E-state index is 0.582. The number of hydrogen-bond acceptors (Lipinski definition) is 3. The number of aromatic nitrogens is 4. The van der Waals surface area contributed by atoms with Gasteiger partial charge < -0.3 is 4.57 Å². The number of aryl methyl sites for hydroxylation is 1. The lowest BCUT2D eigenvalue weighted by Crippen LogP contribution is -2.02. The van der Waals surface area contributed by atoms with Gasteiger partial charge in [-0.1, -0.05) is 11.6 Å². The normalized spacial score (nSPS) is 18.1. The maximum Gasteiger partial charge on any atom is 0.179 e. The molecular weight excluding hydrogens is 248 g/mol. The molecule has 0 saturated heterocycles. The van der Waals surface area contributed by atoms with Gasteiger partial charge in [0.2, 0.25) is 0 Å². The Kier molecular flexibility index (Phi) is 2.21. The fourth-order valence-corrected chi connectivity index (χ4v) is 2.91. The Labute approximate surface area is 110 Å². The van der Waals surface area contributed by atoms with Crippen molar-refractivity contribution in [1.82, 2.24) is 19.5 Å². The van der Waals surface area contributed by atoms with Crippen molar-refractivity contribution in [3.63, 3.8) is 0 Å². The van der Waals surface area contributed by atoms with Crippen LogP contribution in [0.1, 0.15) is 36.6 Å². The predicted molar refractivity (Wildman–Crippen MR) is 68.6 cm³/mol. The second kappa shape index (κ2) is 3.79. The smallest absolute Gasteiger partial charge is 0.179 e. The minimum Gasteiger partial charge on any atom is -0.325 e. The van der Waals surface area contributed by atoms with Gasteiger partial charge in [0.05, 0.1) is 12.5 Å². The van der Waals surface area contributed by atoms with Crippen molar-refractivity contribution in [1.29, 1.82) is 0 Å². The Bertz CT molecular complexity index is 615. The van der Waals surface area contributed by atoms with Crippen LogP contribution in [-0.4, -0.2) is 19.5 Å². The summed E-state index contributed by atoms with van der Waals surface area (Å²) >= 11 is 6.26. The summed E-state index contributed by atoms with van der Waals surface area (Å²) in [6, 6.07) is 0.582. The molecule has 92 valence electrons. The molecule has 2 aromatic rings. The number of imidazole rings is 1. The van der Waals surface area contributed by atoms with Crippen LogP contribution in [-0.2, 0) is 12.8 Å². The molecular formula is C13H13ClN4. The summed E-state index contributed by atoms with van der Waals surface area (Å²) < 4.78 is 2.17. The van der Waals surface area contributed by atoms with Gasteiger partial charge in [0.1, 0.15) is 10.8 Å². The highest BCUT2D eigenvalue weighted by Gasteiger charge is 2.27. The molecule has 2 aliphatic rings. The largest absolute Gasteiger partial charge is 0.325 e. The van der Waals surface area contributed by atoms with Crippen molar-refractivity contribution in [2.24, 2.45) is 0 Å². The summed E-state index contributed by atoms with van der Waals surface area (Å²) in [4.78, 5) is 13.3. The minimum atomic E-state index is 0.582. The number of fused-ring (bicyclic) bond motifs is 1. The SMILES string of the molecule is Clc1nc(-c2cncn2C2CC2)nc2c1CCC2. The first-order chi connectivity index (χ1) is 8.83. The van der Waals surface area contributed by atoms with Crippen LogP contribution < -0.4 is 0 Å². The first kappa shape index (κ1) is 10.5. The molecule has 0 radical (unpaired) electrons. The Morgan fingerprint density at radius 1 is 1.22 bits per heavy atom. The molecule has 2 heterocycles. The van der Waals surface area contributed by atoms with Crippen LogP contribution in [0.2, 0.25) is 5.15 Å². The molecule has 5 heteroatoms. The van der Waals surface area contributed by atoms with Gasteiger partial charge in [-0.25, -0.2) is 15.0 Å². The summed E-state index contributed by atoms with van der Waals surface area (Å²) in [7, 11) is 0. The molecule has 18 heavy (non-hydrogen) atoms. The van der Waals surface area contributed by atoms with E-state index in [9.17, 15) is 0 Å². The van der Waals surface area contributed by atoms with Crippen molar-refractivity contribution < 1.29 is 0 Å². The summed E-state index contributed by atoms with van der Waals surface area (Å²) in [5.74, 6) is 0.727. The van der Waals surface area contributed by atoms with Crippen LogP contribution in [0.25, 0.3) is 11.5 Å². The molecule has 1 fully saturated rings. The van der Waals surface area contributed by atoms with Gasteiger partial charge in [-0.2, -0.15) is 0 Å². The average molecular weight is 261 g/mol. The average Bonchev–Trinajstić information content (AvgIpc) is 2.92. The van der Waals surface area contributed by atoms with Gasteiger partial charge in [-0.15, -0.1) is 0 Å². The lowest BCUT2D eigenvalue weighted by molar-refractivity contribution is 0.742. The number of hydrogen-bond donors (Lipinski definition) is 0. The highest BCUT2D eigenvalue weighted by Crippen LogP contribution is 2.38. The van der Waals surface area contributed by atoms with E-state index in [0.29, 0.717) is 11.2 Å². The third-order valence-corrected chi connectivity index (χ3v) is 4.03. The van der Waals surface area contributed by atoms with Gasteiger partial charge in [0.25, 0.3) is 0 Å². The van der Waals surface area contributed by atoms with Crippen LogP contribution in [0, 0.1) is 0 Å². The van der Waals surface area contributed by atoms with E-state index in [1.54, 1.807) is 0 Å². The van der Waals surface area contributed by atoms with Gasteiger partial charge >= 0.3 is 0 Å². The second-order valence-corrected chi connectivity index (χ2v) is 5.39. The van der Waals surface area contributed by atoms with Crippen LogP contribution in [0.4, 0.5) is 0 Å². The standard InChI is InChI=1S/C13H13ClN4/c14-12-9-2-1-3-10(9)16-13(17-12)11-6-15-7-18(11)8-4-5-8/h6-8H,1-5H2. The molecule has 0 bridgehead atoms. The maximum absolute atomic E-state index is 6.26. The van der Waals surface area contributed by atoms with Crippen molar-refractivity contribution in [3.05, 3.63) is 28.9 Å². The molecule has 0 spiro atoms. The summed E-state index contributed by atoms with van der Waals surface area (Å²) in [6.07, 6.45) is 9.32. The van der Waals surface area contributed by atoms with Gasteiger partial charge in [0, 0.05) is 17.3 Å². The summed E-state index contributed by atoms with van der Waals surface area (Å²) in [6.45, 7) is 0. The zero-order chi connectivity index (χ0) is 12.1. The third-order valence-electron chi connectivity index (χ3n) is 3.72. The van der Waals surface area contributed by atoms with E-state index in [1.165, 1.54) is 12.8 Å². The molecule has 0 amide bonds. The van der Waals surface area contributed by atoms with Crippen LogP contribution >= 0.6 is 11.6 Å². The predicted octanol–water partition coefficient (Wildman–Crippen LogP) is 2.82. The van der Waals surface area contributed by atoms with Crippen molar-refractivity contribution in [2.75, 3.05) is 0 Å². The van der Waals surface area contributed by atoms with Crippen molar-refractivity contribution >= 4 is 11.6 Å². The molecule has 4 nitrogen and oxygen atoms in total. The number of rotatable bonds is 2. The lowest BCUT2D eigenvalue weighted by atomic mass is 10.2. The molecule has 0 N–H and O–H groups in total. The Morgan fingerprint density at radius 2 is 2.11 bits per heavy atom. The monoisotopic (exact) mass is 260 g/mol. The summed E-state index contributed by atoms with van der Waals surface area (Å²) in [5.41, 5.74) is 3.25. The van der Waals surface area contributed by atoms with Crippen LogP contribution in [0.15, 0.2) is 12.5 Å². The highest BCUT2D eigenvalue weighted by atomic mass is 35.5. The van der Waals surface area contributed by atoms with E-state index >= 15 is 0 Å². The van der Waals surface area contributed by atoms with E-state index in [-0.39, 0.29) is 0 Å². The molecule has 1 saturated carbocycles. The fraction of sp³-hybridized carbons (Fsp3) is 0.462. The van der Waals surface area contributed by atoms with E-state index in [0.717, 1.165) is 42.0 Å². The molecule has 2 aromatic heterocycles. The molecule has 2 aliphatic carbocycles. The fourth-order valence-electron chi connectivity index (χ4n) is 2.62. The van der Waals surface area contributed by atoms with E-state index in [2.05, 4.69) is 19.5 Å². The molecule has 4 rings (SSSR count). The number of halogens is 1. The molecule has 0 aromatic carbocycles. The van der Waals surface area contributed by atoms with E-state index in [1.807, 2.05) is 12.5 Å². The molecule has 0 atom stereocenters. The van der Waals surface area contributed by atoms with Gasteiger partial charge in [-0.05, 0) is 32.1 Å². The number of nitrogens with zero attached hydrogens (tertiary/aromatic N) is 4. The Morgan fingerprint density at radius 3 is 2.94 bits per heavy atom. The van der Waals surface area contributed by atoms with E-state index in [4.69, 9.17) is 11.6 Å². The Hall–Kier alpha value is -1.42. The molecule has 0 aliphatic heterocycles. The van der Waals surface area contributed by atoms with Crippen molar-refractivity contribution in [2.45, 2.75) is 38.1 Å². The third kappa shape index (κ3) is 1.56. The topological polar surface area (TPSA) is 43.6 Å². The second-order valence-electron chi connectivity index (χ2n) is 5.03. The first-order valence-electron chi connectivity index (χ1n) is 6.40.